The monoisotopic (exact) mass is 300 g/mol. The molecule has 20 heavy (non-hydrogen) atoms. The number of rotatable bonds is 2. The number of hydrogen-bond donors (Lipinski definition) is 0. The van der Waals surface area contributed by atoms with Crippen LogP contribution < -0.4 is 0 Å². The molecule has 2 aliphatic rings. The third-order valence-corrected chi connectivity index (χ3v) is 3.74. The molecule has 2 saturated heterocycles. The molecular formula is C12H17F5N2O. The first kappa shape index (κ1) is 15.3. The van der Waals surface area contributed by atoms with Crippen LogP contribution in [0.1, 0.15) is 12.8 Å². The van der Waals surface area contributed by atoms with Crippen molar-refractivity contribution in [1.82, 2.24) is 9.80 Å². The summed E-state index contributed by atoms with van der Waals surface area (Å²) < 4.78 is 69.1. The first-order valence-corrected chi connectivity index (χ1v) is 6.59. The van der Waals surface area contributed by atoms with Crippen molar-refractivity contribution in [2.24, 2.45) is 5.92 Å². The van der Waals surface area contributed by atoms with Gasteiger partial charge in [-0.25, -0.2) is 0 Å². The minimum atomic E-state index is -4.23. The van der Waals surface area contributed by atoms with Gasteiger partial charge in [0.1, 0.15) is 0 Å². The molecule has 2 heterocycles. The molecular weight excluding hydrogens is 283 g/mol. The highest BCUT2D eigenvalue weighted by molar-refractivity contribution is 5.03. The lowest BCUT2D eigenvalue weighted by molar-refractivity contribution is -0.184. The van der Waals surface area contributed by atoms with Crippen LogP contribution in [0.5, 0.6) is 0 Å². The summed E-state index contributed by atoms with van der Waals surface area (Å²) in [7, 11) is 0. The standard InChI is InChI=1S/C12H17F5N2O/c13-10(14)11(19-5-7-20-8-6-19)18-3-1-9(2-4-18)12(15,16)17/h9H,1-8H2. The Morgan fingerprint density at radius 3 is 1.85 bits per heavy atom. The number of piperidine rings is 1. The third-order valence-electron chi connectivity index (χ3n) is 3.74. The van der Waals surface area contributed by atoms with E-state index >= 15 is 0 Å². The molecule has 0 aromatic carbocycles. The van der Waals surface area contributed by atoms with Crippen LogP contribution in [0.25, 0.3) is 0 Å². The molecule has 0 amide bonds. The summed E-state index contributed by atoms with van der Waals surface area (Å²) in [4.78, 5) is 2.86. The molecule has 116 valence electrons. The number of hydrogen-bond acceptors (Lipinski definition) is 3. The van der Waals surface area contributed by atoms with Gasteiger partial charge in [0.25, 0.3) is 0 Å². The van der Waals surface area contributed by atoms with Crippen molar-refractivity contribution in [1.29, 1.82) is 0 Å². The number of halogens is 5. The van der Waals surface area contributed by atoms with Gasteiger partial charge in [-0.2, -0.15) is 22.0 Å². The van der Waals surface area contributed by atoms with Crippen LogP contribution in [0.3, 0.4) is 0 Å². The highest BCUT2D eigenvalue weighted by Gasteiger charge is 2.42. The van der Waals surface area contributed by atoms with E-state index in [-0.39, 0.29) is 31.8 Å². The van der Waals surface area contributed by atoms with Gasteiger partial charge < -0.3 is 14.5 Å². The molecule has 0 aromatic heterocycles. The zero-order chi connectivity index (χ0) is 14.8. The van der Waals surface area contributed by atoms with Gasteiger partial charge in [-0.15, -0.1) is 0 Å². The topological polar surface area (TPSA) is 15.7 Å². The number of nitrogens with zero attached hydrogens (tertiary/aromatic N) is 2. The van der Waals surface area contributed by atoms with Crippen molar-refractivity contribution in [3.05, 3.63) is 11.9 Å². The van der Waals surface area contributed by atoms with Crippen molar-refractivity contribution in [2.45, 2.75) is 19.0 Å². The van der Waals surface area contributed by atoms with E-state index in [1.54, 1.807) is 0 Å². The Morgan fingerprint density at radius 1 is 0.900 bits per heavy atom. The molecule has 2 rings (SSSR count). The number of morpholine rings is 1. The lowest BCUT2D eigenvalue weighted by atomic mass is 9.96. The molecule has 2 aliphatic heterocycles. The van der Waals surface area contributed by atoms with Gasteiger partial charge in [-0.1, -0.05) is 0 Å². The van der Waals surface area contributed by atoms with Crippen LogP contribution in [-0.4, -0.2) is 55.4 Å². The van der Waals surface area contributed by atoms with Crippen molar-refractivity contribution in [2.75, 3.05) is 39.4 Å². The van der Waals surface area contributed by atoms with Crippen LogP contribution in [0.2, 0.25) is 0 Å². The molecule has 0 bridgehead atoms. The fourth-order valence-corrected chi connectivity index (χ4v) is 2.63. The third kappa shape index (κ3) is 3.53. The summed E-state index contributed by atoms with van der Waals surface area (Å²) in [5, 5.41) is 0. The fraction of sp³-hybridized carbons (Fsp3) is 0.833. The van der Waals surface area contributed by atoms with E-state index in [0.717, 1.165) is 0 Å². The first-order valence-electron chi connectivity index (χ1n) is 6.59. The lowest BCUT2D eigenvalue weighted by Crippen LogP contribution is -2.46. The molecule has 0 saturated carbocycles. The molecule has 0 N–H and O–H groups in total. The van der Waals surface area contributed by atoms with E-state index in [4.69, 9.17) is 4.74 Å². The SMILES string of the molecule is FC(F)=C(N1CCOCC1)N1CCC(C(F)(F)F)CC1. The van der Waals surface area contributed by atoms with E-state index in [2.05, 4.69) is 0 Å². The Labute approximate surface area is 114 Å². The molecule has 0 atom stereocenters. The van der Waals surface area contributed by atoms with Crippen molar-refractivity contribution in [3.63, 3.8) is 0 Å². The average molecular weight is 300 g/mol. The Bertz CT molecular complexity index is 353. The van der Waals surface area contributed by atoms with Crippen LogP contribution in [-0.2, 0) is 4.74 Å². The summed E-state index contributed by atoms with van der Waals surface area (Å²) >= 11 is 0. The molecule has 0 spiro atoms. The van der Waals surface area contributed by atoms with E-state index in [9.17, 15) is 22.0 Å². The number of likely N-dealkylation sites (tertiary alicyclic amines) is 1. The molecule has 2 fully saturated rings. The van der Waals surface area contributed by atoms with Crippen LogP contribution in [0.15, 0.2) is 11.9 Å². The van der Waals surface area contributed by atoms with Crippen LogP contribution in [0.4, 0.5) is 22.0 Å². The van der Waals surface area contributed by atoms with E-state index in [1.807, 2.05) is 0 Å². The van der Waals surface area contributed by atoms with Crippen molar-refractivity contribution >= 4 is 0 Å². The summed E-state index contributed by atoms with van der Waals surface area (Å²) in [6, 6.07) is 0. The summed E-state index contributed by atoms with van der Waals surface area (Å²) in [5.74, 6) is -1.61. The summed E-state index contributed by atoms with van der Waals surface area (Å²) in [6.45, 7) is 1.41. The van der Waals surface area contributed by atoms with E-state index < -0.39 is 18.2 Å². The zero-order valence-corrected chi connectivity index (χ0v) is 10.9. The van der Waals surface area contributed by atoms with Gasteiger partial charge >= 0.3 is 12.3 Å². The summed E-state index contributed by atoms with van der Waals surface area (Å²) in [5.41, 5.74) is 0. The zero-order valence-electron chi connectivity index (χ0n) is 10.9. The Balaban J connectivity index is 2.01. The maximum Gasteiger partial charge on any atom is 0.391 e. The molecule has 0 radical (unpaired) electrons. The minimum Gasteiger partial charge on any atom is -0.378 e. The van der Waals surface area contributed by atoms with Gasteiger partial charge in [0.2, 0.25) is 0 Å². The van der Waals surface area contributed by atoms with Crippen molar-refractivity contribution in [3.8, 4) is 0 Å². The lowest BCUT2D eigenvalue weighted by Gasteiger charge is -2.40. The molecule has 8 heteroatoms. The van der Waals surface area contributed by atoms with Crippen LogP contribution >= 0.6 is 0 Å². The fourth-order valence-electron chi connectivity index (χ4n) is 2.63. The second kappa shape index (κ2) is 6.15. The molecule has 0 unspecified atom stereocenters. The average Bonchev–Trinajstić information content (AvgIpc) is 2.39. The minimum absolute atomic E-state index is 0.00814. The first-order chi connectivity index (χ1) is 9.39. The van der Waals surface area contributed by atoms with E-state index in [0.29, 0.717) is 26.3 Å². The van der Waals surface area contributed by atoms with Crippen molar-refractivity contribution < 1.29 is 26.7 Å². The predicted molar refractivity (Wildman–Crippen MR) is 62.0 cm³/mol. The highest BCUT2D eigenvalue weighted by atomic mass is 19.4. The van der Waals surface area contributed by atoms with Gasteiger partial charge in [-0.3, -0.25) is 0 Å². The number of alkyl halides is 3. The van der Waals surface area contributed by atoms with Gasteiger partial charge in [0.15, 0.2) is 5.82 Å². The Morgan fingerprint density at radius 2 is 1.40 bits per heavy atom. The summed E-state index contributed by atoms with van der Waals surface area (Å²) in [6.07, 6.45) is -6.34. The largest absolute Gasteiger partial charge is 0.391 e. The smallest absolute Gasteiger partial charge is 0.378 e. The Kier molecular flexibility index (Phi) is 4.72. The highest BCUT2D eigenvalue weighted by Crippen LogP contribution is 2.35. The second-order valence-electron chi connectivity index (χ2n) is 4.99. The Hall–Kier alpha value is -1.05. The molecule has 0 aromatic rings. The second-order valence-corrected chi connectivity index (χ2v) is 4.99. The molecule has 0 aliphatic carbocycles. The number of ether oxygens (including phenoxy) is 1. The van der Waals surface area contributed by atoms with Crippen LogP contribution in [0, 0.1) is 5.92 Å². The van der Waals surface area contributed by atoms with Gasteiger partial charge in [0, 0.05) is 26.2 Å². The quantitative estimate of drug-likeness (QED) is 0.729. The molecule has 3 nitrogen and oxygen atoms in total. The van der Waals surface area contributed by atoms with Gasteiger partial charge in [-0.05, 0) is 12.8 Å². The predicted octanol–water partition coefficient (Wildman–Crippen LogP) is 2.66. The van der Waals surface area contributed by atoms with E-state index in [1.165, 1.54) is 9.80 Å². The maximum atomic E-state index is 13.1. The normalized spacial score (nSPS) is 22.1. The maximum absolute atomic E-state index is 13.1. The van der Waals surface area contributed by atoms with Gasteiger partial charge in [0.05, 0.1) is 19.1 Å².